The fourth-order valence-electron chi connectivity index (χ4n) is 1.99. The lowest BCUT2D eigenvalue weighted by molar-refractivity contribution is -0.141. The van der Waals surface area contributed by atoms with Gasteiger partial charge in [-0.2, -0.15) is 18.3 Å². The Labute approximate surface area is 107 Å². The SMILES string of the molecule is Cc1c(C(=O)N2CCOCC2)c(C(F)(F)F)nn1C. The second-order valence-corrected chi connectivity index (χ2v) is 4.33. The highest BCUT2D eigenvalue weighted by atomic mass is 19.4. The summed E-state index contributed by atoms with van der Waals surface area (Å²) >= 11 is 0. The number of hydrogen-bond acceptors (Lipinski definition) is 3. The largest absolute Gasteiger partial charge is 0.435 e. The summed E-state index contributed by atoms with van der Waals surface area (Å²) in [6, 6.07) is 0. The number of hydrogen-bond donors (Lipinski definition) is 0. The highest BCUT2D eigenvalue weighted by Crippen LogP contribution is 2.32. The van der Waals surface area contributed by atoms with Crippen LogP contribution in [0.3, 0.4) is 0 Å². The van der Waals surface area contributed by atoms with Crippen LogP contribution < -0.4 is 0 Å². The summed E-state index contributed by atoms with van der Waals surface area (Å²) in [5.74, 6) is -0.638. The number of halogens is 3. The Morgan fingerprint density at radius 2 is 1.89 bits per heavy atom. The van der Waals surface area contributed by atoms with Gasteiger partial charge in [0.2, 0.25) is 0 Å². The van der Waals surface area contributed by atoms with Gasteiger partial charge in [0, 0.05) is 25.8 Å². The van der Waals surface area contributed by atoms with Crippen molar-refractivity contribution in [2.75, 3.05) is 26.3 Å². The molecule has 1 aromatic rings. The average Bonchev–Trinajstić information content (AvgIpc) is 2.66. The monoisotopic (exact) mass is 277 g/mol. The van der Waals surface area contributed by atoms with Crippen molar-refractivity contribution in [2.45, 2.75) is 13.1 Å². The number of carbonyl (C=O) groups is 1. The minimum Gasteiger partial charge on any atom is -0.378 e. The van der Waals surface area contributed by atoms with Crippen LogP contribution in [0, 0.1) is 6.92 Å². The molecule has 0 unspecified atom stereocenters. The van der Waals surface area contributed by atoms with Crippen molar-refractivity contribution < 1.29 is 22.7 Å². The van der Waals surface area contributed by atoms with Crippen molar-refractivity contribution in [1.29, 1.82) is 0 Å². The molecule has 0 radical (unpaired) electrons. The minimum absolute atomic E-state index is 0.212. The summed E-state index contributed by atoms with van der Waals surface area (Å²) in [7, 11) is 1.39. The van der Waals surface area contributed by atoms with E-state index in [0.29, 0.717) is 26.3 Å². The van der Waals surface area contributed by atoms with E-state index < -0.39 is 17.8 Å². The van der Waals surface area contributed by atoms with Crippen LogP contribution in [0.25, 0.3) is 0 Å². The molecule has 0 aromatic carbocycles. The Morgan fingerprint density at radius 1 is 1.32 bits per heavy atom. The van der Waals surface area contributed by atoms with Crippen molar-refractivity contribution in [3.8, 4) is 0 Å². The first kappa shape index (κ1) is 13.9. The van der Waals surface area contributed by atoms with E-state index in [0.717, 1.165) is 4.68 Å². The van der Waals surface area contributed by atoms with Gasteiger partial charge in [-0.05, 0) is 6.92 Å². The third-order valence-corrected chi connectivity index (χ3v) is 3.11. The number of aromatic nitrogens is 2. The maximum absolute atomic E-state index is 12.9. The van der Waals surface area contributed by atoms with Crippen molar-refractivity contribution >= 4 is 5.91 Å². The predicted molar refractivity (Wildman–Crippen MR) is 59.7 cm³/mol. The molecule has 2 heterocycles. The second kappa shape index (κ2) is 4.84. The van der Waals surface area contributed by atoms with Crippen LogP contribution in [0.4, 0.5) is 13.2 Å². The normalized spacial score (nSPS) is 16.8. The summed E-state index contributed by atoms with van der Waals surface area (Å²) < 4.78 is 44.9. The summed E-state index contributed by atoms with van der Waals surface area (Å²) in [6.07, 6.45) is -4.64. The molecule has 0 bridgehead atoms. The number of rotatable bonds is 1. The third kappa shape index (κ3) is 2.58. The van der Waals surface area contributed by atoms with Crippen molar-refractivity contribution in [3.63, 3.8) is 0 Å². The number of nitrogens with zero attached hydrogens (tertiary/aromatic N) is 3. The van der Waals surface area contributed by atoms with E-state index in [1.165, 1.54) is 18.9 Å². The zero-order valence-electron chi connectivity index (χ0n) is 10.6. The Bertz CT molecular complexity index is 490. The van der Waals surface area contributed by atoms with Crippen molar-refractivity contribution in [2.24, 2.45) is 7.05 Å². The number of amides is 1. The third-order valence-electron chi connectivity index (χ3n) is 3.11. The standard InChI is InChI=1S/C11H14F3N3O2/c1-7-8(9(11(12,13)14)15-16(7)2)10(18)17-3-5-19-6-4-17/h3-6H2,1-2H3. The van der Waals surface area contributed by atoms with Crippen molar-refractivity contribution in [1.82, 2.24) is 14.7 Å². The molecule has 2 rings (SSSR count). The van der Waals surface area contributed by atoms with Gasteiger partial charge in [-0.15, -0.1) is 0 Å². The lowest BCUT2D eigenvalue weighted by Gasteiger charge is -2.27. The summed E-state index contributed by atoms with van der Waals surface area (Å²) in [6.45, 7) is 2.73. The first-order chi connectivity index (χ1) is 8.82. The predicted octanol–water partition coefficient (Wildman–Crippen LogP) is 1.22. The molecule has 1 aliphatic rings. The molecule has 0 aliphatic carbocycles. The summed E-state index contributed by atoms with van der Waals surface area (Å²) in [5.41, 5.74) is -1.27. The van der Waals surface area contributed by atoms with Crippen molar-refractivity contribution in [3.05, 3.63) is 17.0 Å². The zero-order valence-corrected chi connectivity index (χ0v) is 10.6. The molecule has 19 heavy (non-hydrogen) atoms. The van der Waals surface area contributed by atoms with Gasteiger partial charge in [0.15, 0.2) is 5.69 Å². The highest BCUT2D eigenvalue weighted by Gasteiger charge is 2.41. The fourth-order valence-corrected chi connectivity index (χ4v) is 1.99. The molecule has 1 saturated heterocycles. The summed E-state index contributed by atoms with van der Waals surface area (Å²) in [4.78, 5) is 13.6. The topological polar surface area (TPSA) is 47.4 Å². The van der Waals surface area contributed by atoms with Gasteiger partial charge in [0.05, 0.1) is 18.8 Å². The lowest BCUT2D eigenvalue weighted by atomic mass is 10.1. The smallest absolute Gasteiger partial charge is 0.378 e. The minimum atomic E-state index is -4.64. The second-order valence-electron chi connectivity index (χ2n) is 4.33. The highest BCUT2D eigenvalue weighted by molar-refractivity contribution is 5.96. The number of alkyl halides is 3. The van der Waals surface area contributed by atoms with Gasteiger partial charge < -0.3 is 9.64 Å². The van der Waals surface area contributed by atoms with Crippen LogP contribution in [0.1, 0.15) is 21.7 Å². The van der Waals surface area contributed by atoms with Gasteiger partial charge in [0.1, 0.15) is 0 Å². The molecule has 1 fully saturated rings. The number of morpholine rings is 1. The Balaban J connectivity index is 2.40. The van der Waals surface area contributed by atoms with Crippen LogP contribution in [-0.2, 0) is 18.0 Å². The van der Waals surface area contributed by atoms with E-state index in [1.807, 2.05) is 0 Å². The Kier molecular flexibility index (Phi) is 3.53. The van der Waals surface area contributed by atoms with E-state index in [9.17, 15) is 18.0 Å². The molecule has 8 heteroatoms. The van der Waals surface area contributed by atoms with Gasteiger partial charge in [0.25, 0.3) is 5.91 Å². The number of aryl methyl sites for hydroxylation is 1. The molecule has 1 amide bonds. The molecule has 0 spiro atoms. The van der Waals surface area contributed by atoms with E-state index in [1.54, 1.807) is 0 Å². The maximum atomic E-state index is 12.9. The first-order valence-electron chi connectivity index (χ1n) is 5.80. The number of carbonyl (C=O) groups excluding carboxylic acids is 1. The van der Waals surface area contributed by atoms with Crippen LogP contribution in [0.15, 0.2) is 0 Å². The van der Waals surface area contributed by atoms with Gasteiger partial charge in [-0.3, -0.25) is 9.48 Å². The molecule has 1 aliphatic heterocycles. The summed E-state index contributed by atoms with van der Waals surface area (Å²) in [5, 5.41) is 3.41. The molecule has 5 nitrogen and oxygen atoms in total. The van der Waals surface area contributed by atoms with Crippen LogP contribution in [0.2, 0.25) is 0 Å². The van der Waals surface area contributed by atoms with Crippen LogP contribution in [-0.4, -0.2) is 46.9 Å². The average molecular weight is 277 g/mol. The van der Waals surface area contributed by atoms with E-state index in [-0.39, 0.29) is 11.3 Å². The van der Waals surface area contributed by atoms with E-state index >= 15 is 0 Å². The van der Waals surface area contributed by atoms with Gasteiger partial charge >= 0.3 is 6.18 Å². The quantitative estimate of drug-likeness (QED) is 0.775. The van der Waals surface area contributed by atoms with Gasteiger partial charge in [-0.1, -0.05) is 0 Å². The zero-order chi connectivity index (χ0) is 14.2. The molecule has 1 aromatic heterocycles. The van der Waals surface area contributed by atoms with Gasteiger partial charge in [-0.25, -0.2) is 0 Å². The number of ether oxygens (including phenoxy) is 1. The maximum Gasteiger partial charge on any atom is 0.435 e. The molecular formula is C11H14F3N3O2. The lowest BCUT2D eigenvalue weighted by Crippen LogP contribution is -2.41. The van der Waals surface area contributed by atoms with E-state index in [2.05, 4.69) is 5.10 Å². The molecule has 106 valence electrons. The molecule has 0 N–H and O–H groups in total. The van der Waals surface area contributed by atoms with Crippen LogP contribution >= 0.6 is 0 Å². The fraction of sp³-hybridized carbons (Fsp3) is 0.636. The molecule has 0 saturated carbocycles. The van der Waals surface area contributed by atoms with E-state index in [4.69, 9.17) is 4.74 Å². The van der Waals surface area contributed by atoms with Crippen LogP contribution in [0.5, 0.6) is 0 Å². The molecule has 0 atom stereocenters. The Morgan fingerprint density at radius 3 is 2.42 bits per heavy atom. The first-order valence-corrected chi connectivity index (χ1v) is 5.80. The Hall–Kier alpha value is -1.57. The molecular weight excluding hydrogens is 263 g/mol.